The van der Waals surface area contributed by atoms with Crippen LogP contribution in [0.1, 0.15) is 17.7 Å². The van der Waals surface area contributed by atoms with E-state index in [0.29, 0.717) is 17.8 Å². The number of halogens is 1. The third kappa shape index (κ3) is 6.62. The van der Waals surface area contributed by atoms with Crippen molar-refractivity contribution in [3.8, 4) is 11.8 Å². The zero-order chi connectivity index (χ0) is 18.8. The molecule has 2 aromatic rings. The molecular weight excluding hydrogens is 473 g/mol. The maximum Gasteiger partial charge on any atom is 0.191 e. The summed E-state index contributed by atoms with van der Waals surface area (Å²) in [5.41, 5.74) is 8.15. The zero-order valence-corrected chi connectivity index (χ0v) is 18.8. The van der Waals surface area contributed by atoms with Crippen molar-refractivity contribution < 1.29 is 0 Å². The number of nitrogen functional groups attached to an aromatic ring is 1. The third-order valence-corrected chi connectivity index (χ3v) is 4.42. The molecule has 146 valence electrons. The Kier molecular flexibility index (Phi) is 10.7. The molecule has 2 rings (SSSR count). The number of benzene rings is 1. The topological polar surface area (TPSA) is 104 Å². The summed E-state index contributed by atoms with van der Waals surface area (Å²) in [7, 11) is 1.75. The largest absolute Gasteiger partial charge is 0.382 e. The van der Waals surface area contributed by atoms with E-state index in [1.54, 1.807) is 23.5 Å². The van der Waals surface area contributed by atoms with Gasteiger partial charge in [-0.1, -0.05) is 18.2 Å². The molecule has 0 atom stereocenters. The van der Waals surface area contributed by atoms with Crippen LogP contribution in [0.4, 0.5) is 5.82 Å². The summed E-state index contributed by atoms with van der Waals surface area (Å²) in [6.45, 7) is 1.61. The van der Waals surface area contributed by atoms with Gasteiger partial charge in [0.25, 0.3) is 0 Å². The fraction of sp³-hybridized carbons (Fsp3) is 0.389. The van der Waals surface area contributed by atoms with Crippen molar-refractivity contribution in [2.75, 3.05) is 37.9 Å². The van der Waals surface area contributed by atoms with E-state index in [0.717, 1.165) is 42.6 Å². The molecule has 27 heavy (non-hydrogen) atoms. The molecule has 0 saturated heterocycles. The molecule has 1 aromatic heterocycles. The number of aromatic nitrogens is 2. The first kappa shape index (κ1) is 23.1. The van der Waals surface area contributed by atoms with Gasteiger partial charge < -0.3 is 16.4 Å². The predicted octanol–water partition coefficient (Wildman–Crippen LogP) is 2.40. The Bertz CT molecular complexity index is 768. The lowest BCUT2D eigenvalue weighted by atomic mass is 10.1. The summed E-state index contributed by atoms with van der Waals surface area (Å²) >= 11 is 1.79. The lowest BCUT2D eigenvalue weighted by Crippen LogP contribution is -2.38. The minimum atomic E-state index is 0. The summed E-state index contributed by atoms with van der Waals surface area (Å²) < 4.78 is 1.63. The standard InChI is InChI=1S/C18H25N7S.HI/c1-21-18(23-11-12-26-2)22-10-6-9-16-15(13-19)17(20)25(24-16)14-7-4-3-5-8-14;/h3-5,7-8H,6,9-12,20H2,1-2H3,(H2,21,22,23);1H. The number of hydrogen-bond acceptors (Lipinski definition) is 5. The van der Waals surface area contributed by atoms with Crippen LogP contribution in [-0.2, 0) is 6.42 Å². The summed E-state index contributed by atoms with van der Waals surface area (Å²) in [5, 5.41) is 20.5. The summed E-state index contributed by atoms with van der Waals surface area (Å²) in [5.74, 6) is 2.20. The number of hydrogen-bond donors (Lipinski definition) is 3. The van der Waals surface area contributed by atoms with E-state index in [2.05, 4.69) is 33.0 Å². The van der Waals surface area contributed by atoms with Gasteiger partial charge in [-0.05, 0) is 31.2 Å². The first-order valence-corrected chi connectivity index (χ1v) is 9.87. The number of anilines is 1. The van der Waals surface area contributed by atoms with Crippen LogP contribution in [0.3, 0.4) is 0 Å². The quantitative estimate of drug-likeness (QED) is 0.223. The van der Waals surface area contributed by atoms with E-state index >= 15 is 0 Å². The molecule has 7 nitrogen and oxygen atoms in total. The Labute approximate surface area is 181 Å². The van der Waals surface area contributed by atoms with E-state index in [9.17, 15) is 5.26 Å². The minimum absolute atomic E-state index is 0. The van der Waals surface area contributed by atoms with Crippen LogP contribution in [0.2, 0.25) is 0 Å². The van der Waals surface area contributed by atoms with Crippen molar-refractivity contribution in [2.24, 2.45) is 4.99 Å². The SMILES string of the molecule is CN=C(NCCCc1nn(-c2ccccc2)c(N)c1C#N)NCCSC.I. The molecule has 0 saturated carbocycles. The van der Waals surface area contributed by atoms with Gasteiger partial charge in [-0.25, -0.2) is 4.68 Å². The molecule has 0 aliphatic heterocycles. The van der Waals surface area contributed by atoms with Crippen molar-refractivity contribution in [1.82, 2.24) is 20.4 Å². The molecule has 0 spiro atoms. The lowest BCUT2D eigenvalue weighted by molar-refractivity contribution is 0.726. The van der Waals surface area contributed by atoms with Crippen molar-refractivity contribution in [3.05, 3.63) is 41.6 Å². The van der Waals surface area contributed by atoms with Gasteiger partial charge in [0.2, 0.25) is 0 Å². The Hall–Kier alpha value is -1.93. The fourth-order valence-corrected chi connectivity index (χ4v) is 2.80. The van der Waals surface area contributed by atoms with Crippen LogP contribution in [0.5, 0.6) is 0 Å². The Morgan fingerprint density at radius 2 is 2.00 bits per heavy atom. The smallest absolute Gasteiger partial charge is 0.191 e. The number of rotatable bonds is 8. The second-order valence-corrected chi connectivity index (χ2v) is 6.57. The van der Waals surface area contributed by atoms with Crippen LogP contribution in [0, 0.1) is 11.3 Å². The molecule has 1 heterocycles. The second kappa shape index (κ2) is 12.5. The number of aryl methyl sites for hydroxylation is 1. The average molecular weight is 499 g/mol. The van der Waals surface area contributed by atoms with E-state index in [4.69, 9.17) is 5.73 Å². The molecular formula is C18H26IN7S. The highest BCUT2D eigenvalue weighted by atomic mass is 127. The molecule has 0 bridgehead atoms. The molecule has 0 radical (unpaired) electrons. The monoisotopic (exact) mass is 499 g/mol. The van der Waals surface area contributed by atoms with Gasteiger partial charge in [-0.2, -0.15) is 22.1 Å². The van der Waals surface area contributed by atoms with E-state index in [1.165, 1.54) is 0 Å². The maximum absolute atomic E-state index is 9.43. The van der Waals surface area contributed by atoms with Crippen LogP contribution in [-0.4, -0.2) is 47.9 Å². The number of nitrogens with one attached hydrogen (secondary N) is 2. The number of nitriles is 1. The van der Waals surface area contributed by atoms with Crippen molar-refractivity contribution in [1.29, 1.82) is 5.26 Å². The number of nitrogens with two attached hydrogens (primary N) is 1. The molecule has 4 N–H and O–H groups in total. The molecule has 9 heteroatoms. The molecule has 1 aromatic carbocycles. The third-order valence-electron chi connectivity index (χ3n) is 3.81. The van der Waals surface area contributed by atoms with Gasteiger partial charge in [0.15, 0.2) is 5.96 Å². The molecule has 0 fully saturated rings. The van der Waals surface area contributed by atoms with E-state index < -0.39 is 0 Å². The molecule has 0 aliphatic rings. The Morgan fingerprint density at radius 1 is 1.30 bits per heavy atom. The van der Waals surface area contributed by atoms with Gasteiger partial charge in [0, 0.05) is 25.9 Å². The van der Waals surface area contributed by atoms with Crippen LogP contribution in [0.15, 0.2) is 35.3 Å². The summed E-state index contributed by atoms with van der Waals surface area (Å²) in [6, 6.07) is 11.8. The fourth-order valence-electron chi connectivity index (χ4n) is 2.50. The van der Waals surface area contributed by atoms with Gasteiger partial charge in [-0.15, -0.1) is 24.0 Å². The lowest BCUT2D eigenvalue weighted by Gasteiger charge is -2.10. The first-order valence-electron chi connectivity index (χ1n) is 8.47. The summed E-state index contributed by atoms with van der Waals surface area (Å²) in [6.07, 6.45) is 3.57. The molecule has 0 amide bonds. The summed E-state index contributed by atoms with van der Waals surface area (Å²) in [4.78, 5) is 4.19. The van der Waals surface area contributed by atoms with Crippen molar-refractivity contribution in [3.63, 3.8) is 0 Å². The van der Waals surface area contributed by atoms with Crippen LogP contribution >= 0.6 is 35.7 Å². The molecule has 0 unspecified atom stereocenters. The number of guanidine groups is 1. The maximum atomic E-state index is 9.43. The minimum Gasteiger partial charge on any atom is -0.382 e. The molecule has 0 aliphatic carbocycles. The number of nitrogens with zero attached hydrogens (tertiary/aromatic N) is 4. The van der Waals surface area contributed by atoms with E-state index in [1.807, 2.05) is 30.3 Å². The number of para-hydroxylation sites is 1. The van der Waals surface area contributed by atoms with Crippen molar-refractivity contribution in [2.45, 2.75) is 12.8 Å². The van der Waals surface area contributed by atoms with Gasteiger partial charge in [0.05, 0.1) is 11.4 Å². The van der Waals surface area contributed by atoms with Gasteiger partial charge in [-0.3, -0.25) is 4.99 Å². The predicted molar refractivity (Wildman–Crippen MR) is 124 cm³/mol. The Balaban J connectivity index is 0.00000364. The van der Waals surface area contributed by atoms with Crippen molar-refractivity contribution >= 4 is 47.5 Å². The van der Waals surface area contributed by atoms with Crippen LogP contribution in [0.25, 0.3) is 5.69 Å². The highest BCUT2D eigenvalue weighted by molar-refractivity contribution is 14.0. The second-order valence-electron chi connectivity index (χ2n) is 5.59. The highest BCUT2D eigenvalue weighted by Gasteiger charge is 2.16. The van der Waals surface area contributed by atoms with Crippen LogP contribution < -0.4 is 16.4 Å². The first-order chi connectivity index (χ1) is 12.7. The average Bonchev–Trinajstić information content (AvgIpc) is 2.99. The normalized spacial score (nSPS) is 10.8. The number of aliphatic imine (C=N–C) groups is 1. The zero-order valence-electron chi connectivity index (χ0n) is 15.6. The number of thioether (sulfide) groups is 1. The highest BCUT2D eigenvalue weighted by Crippen LogP contribution is 2.21. The Morgan fingerprint density at radius 3 is 2.63 bits per heavy atom. The van der Waals surface area contributed by atoms with Gasteiger partial charge in [0.1, 0.15) is 17.5 Å². The van der Waals surface area contributed by atoms with E-state index in [-0.39, 0.29) is 24.0 Å². The van der Waals surface area contributed by atoms with Gasteiger partial charge >= 0.3 is 0 Å².